The Bertz CT molecular complexity index is 936. The van der Waals surface area contributed by atoms with Gasteiger partial charge in [0.2, 0.25) is 15.9 Å². The van der Waals surface area contributed by atoms with Crippen LogP contribution in [0.1, 0.15) is 24.8 Å². The van der Waals surface area contributed by atoms with Gasteiger partial charge in [-0.15, -0.1) is 0 Å². The Morgan fingerprint density at radius 2 is 1.87 bits per heavy atom. The lowest BCUT2D eigenvalue weighted by atomic mass is 9.99. The van der Waals surface area contributed by atoms with Crippen molar-refractivity contribution in [2.24, 2.45) is 5.92 Å². The van der Waals surface area contributed by atoms with Crippen molar-refractivity contribution >= 4 is 27.5 Å². The van der Waals surface area contributed by atoms with Gasteiger partial charge in [-0.05, 0) is 55.5 Å². The van der Waals surface area contributed by atoms with Crippen molar-refractivity contribution in [3.05, 3.63) is 65.2 Å². The Kier molecular flexibility index (Phi) is 8.75. The second kappa shape index (κ2) is 11.5. The summed E-state index contributed by atoms with van der Waals surface area (Å²) in [4.78, 5) is 12.5. The fraction of sp³-hybridized carbons (Fsp3) is 0.435. The minimum Gasteiger partial charge on any atom is -0.492 e. The van der Waals surface area contributed by atoms with Crippen LogP contribution in [0, 0.1) is 5.92 Å². The highest BCUT2D eigenvalue weighted by Gasteiger charge is 2.31. The molecule has 1 amide bonds. The topological polar surface area (TPSA) is 75.7 Å². The molecule has 0 bridgehead atoms. The molecule has 1 aliphatic rings. The number of amides is 1. The number of rotatable bonds is 10. The minimum absolute atomic E-state index is 0.102. The van der Waals surface area contributed by atoms with E-state index in [1.807, 2.05) is 30.3 Å². The van der Waals surface area contributed by atoms with Crippen LogP contribution < -0.4 is 10.1 Å². The van der Waals surface area contributed by atoms with E-state index in [0.29, 0.717) is 49.7 Å². The highest BCUT2D eigenvalue weighted by molar-refractivity contribution is 7.89. The number of nitrogens with zero attached hydrogens (tertiary/aromatic N) is 1. The van der Waals surface area contributed by atoms with Crippen molar-refractivity contribution in [3.8, 4) is 5.75 Å². The number of ether oxygens (including phenoxy) is 1. The molecule has 1 aliphatic heterocycles. The van der Waals surface area contributed by atoms with Crippen LogP contribution in [-0.4, -0.2) is 50.6 Å². The van der Waals surface area contributed by atoms with E-state index in [1.54, 1.807) is 24.3 Å². The van der Waals surface area contributed by atoms with Crippen molar-refractivity contribution in [1.82, 2.24) is 9.62 Å². The maximum atomic E-state index is 12.7. The minimum atomic E-state index is -3.37. The fourth-order valence-corrected chi connectivity index (χ4v) is 5.37. The number of carbonyl (C=O) groups is 1. The van der Waals surface area contributed by atoms with E-state index in [9.17, 15) is 13.2 Å². The lowest BCUT2D eigenvalue weighted by Crippen LogP contribution is -2.46. The summed E-state index contributed by atoms with van der Waals surface area (Å²) in [7, 11) is -3.37. The van der Waals surface area contributed by atoms with Crippen LogP contribution in [0.4, 0.5) is 0 Å². The van der Waals surface area contributed by atoms with Crippen LogP contribution in [0.5, 0.6) is 5.75 Å². The maximum absolute atomic E-state index is 12.7. The van der Waals surface area contributed by atoms with Crippen LogP contribution in [-0.2, 0) is 21.2 Å². The third kappa shape index (κ3) is 7.52. The third-order valence-electron chi connectivity index (χ3n) is 5.34. The van der Waals surface area contributed by atoms with E-state index < -0.39 is 10.0 Å². The molecule has 1 atom stereocenters. The standard InChI is InChI=1S/C23H29ClN2O4S/c24-21-10-12-22(13-11-21)30-16-14-25-23(27)20-9-4-15-26(18-20)31(28,29)17-5-8-19-6-2-1-3-7-19/h1-3,6-7,10-13,20H,4-5,8-9,14-18H2,(H,25,27)/t20-/m0/s1. The van der Waals surface area contributed by atoms with Crippen molar-refractivity contribution in [2.45, 2.75) is 25.7 Å². The molecule has 31 heavy (non-hydrogen) atoms. The van der Waals surface area contributed by atoms with Gasteiger partial charge in [-0.25, -0.2) is 12.7 Å². The van der Waals surface area contributed by atoms with Gasteiger partial charge in [-0.2, -0.15) is 0 Å². The van der Waals surface area contributed by atoms with Crippen molar-refractivity contribution in [3.63, 3.8) is 0 Å². The van der Waals surface area contributed by atoms with Gasteiger partial charge >= 0.3 is 0 Å². The average molecular weight is 465 g/mol. The predicted molar refractivity (Wildman–Crippen MR) is 123 cm³/mol. The first kappa shape index (κ1) is 23.6. The summed E-state index contributed by atoms with van der Waals surface area (Å²) in [6, 6.07) is 16.9. The Balaban J connectivity index is 1.40. The number of halogens is 1. The van der Waals surface area contributed by atoms with Gasteiger partial charge in [0.15, 0.2) is 0 Å². The maximum Gasteiger partial charge on any atom is 0.224 e. The quantitative estimate of drug-likeness (QED) is 0.546. The monoisotopic (exact) mass is 464 g/mol. The summed E-state index contributed by atoms with van der Waals surface area (Å²) in [5, 5.41) is 3.50. The Hall–Kier alpha value is -2.09. The highest BCUT2D eigenvalue weighted by atomic mass is 35.5. The SMILES string of the molecule is O=C(NCCOc1ccc(Cl)cc1)[C@H]1CCCN(S(=O)(=O)CCCc2ccccc2)C1. The van der Waals surface area contributed by atoms with E-state index in [-0.39, 0.29) is 24.1 Å². The molecule has 0 unspecified atom stereocenters. The van der Waals surface area contributed by atoms with Crippen LogP contribution >= 0.6 is 11.6 Å². The first-order valence-electron chi connectivity index (χ1n) is 10.6. The molecule has 3 rings (SSSR count). The molecule has 8 heteroatoms. The van der Waals surface area contributed by atoms with E-state index in [0.717, 1.165) is 12.0 Å². The summed E-state index contributed by atoms with van der Waals surface area (Å²) in [5.41, 5.74) is 1.13. The molecule has 168 valence electrons. The summed E-state index contributed by atoms with van der Waals surface area (Å²) < 4.78 is 32.6. The number of aryl methyl sites for hydroxylation is 1. The number of piperidine rings is 1. The lowest BCUT2D eigenvalue weighted by molar-refractivity contribution is -0.126. The number of hydrogen-bond donors (Lipinski definition) is 1. The average Bonchev–Trinajstić information content (AvgIpc) is 2.78. The molecule has 0 saturated carbocycles. The fourth-order valence-electron chi connectivity index (χ4n) is 3.66. The van der Waals surface area contributed by atoms with Crippen molar-refractivity contribution < 1.29 is 17.9 Å². The molecule has 6 nitrogen and oxygen atoms in total. The highest BCUT2D eigenvalue weighted by Crippen LogP contribution is 2.20. The van der Waals surface area contributed by atoms with Crippen LogP contribution in [0.25, 0.3) is 0 Å². The number of carbonyl (C=O) groups excluding carboxylic acids is 1. The summed E-state index contributed by atoms with van der Waals surface area (Å²) in [6.45, 7) is 1.43. The normalized spacial score (nSPS) is 17.3. The zero-order valence-electron chi connectivity index (χ0n) is 17.5. The number of nitrogens with one attached hydrogen (secondary N) is 1. The van der Waals surface area contributed by atoms with E-state index in [4.69, 9.17) is 16.3 Å². The smallest absolute Gasteiger partial charge is 0.224 e. The van der Waals surface area contributed by atoms with Crippen molar-refractivity contribution in [1.29, 1.82) is 0 Å². The van der Waals surface area contributed by atoms with Gasteiger partial charge < -0.3 is 10.1 Å². The van der Waals surface area contributed by atoms with Gasteiger partial charge in [-0.3, -0.25) is 4.79 Å². The Morgan fingerprint density at radius 3 is 2.61 bits per heavy atom. The molecule has 2 aromatic rings. The molecule has 1 saturated heterocycles. The largest absolute Gasteiger partial charge is 0.492 e. The molecule has 1 heterocycles. The first-order valence-corrected chi connectivity index (χ1v) is 12.6. The van der Waals surface area contributed by atoms with Crippen LogP contribution in [0.15, 0.2) is 54.6 Å². The van der Waals surface area contributed by atoms with Crippen molar-refractivity contribution in [2.75, 3.05) is 32.0 Å². The molecule has 0 aliphatic carbocycles. The Morgan fingerprint density at radius 1 is 1.13 bits per heavy atom. The summed E-state index contributed by atoms with van der Waals surface area (Å²) in [6.07, 6.45) is 2.68. The van der Waals surface area contributed by atoms with Crippen LogP contribution in [0.2, 0.25) is 5.02 Å². The van der Waals surface area contributed by atoms with Gasteiger partial charge in [0.05, 0.1) is 18.2 Å². The van der Waals surface area contributed by atoms with Gasteiger partial charge in [0.25, 0.3) is 0 Å². The van der Waals surface area contributed by atoms with E-state index in [2.05, 4.69) is 5.32 Å². The molecule has 0 aromatic heterocycles. The summed E-state index contributed by atoms with van der Waals surface area (Å²) >= 11 is 5.84. The first-order chi connectivity index (χ1) is 14.9. The van der Waals surface area contributed by atoms with Gasteiger partial charge in [-0.1, -0.05) is 41.9 Å². The molecule has 1 N–H and O–H groups in total. The predicted octanol–water partition coefficient (Wildman–Crippen LogP) is 3.51. The third-order valence-corrected chi connectivity index (χ3v) is 7.52. The van der Waals surface area contributed by atoms with Gasteiger partial charge in [0.1, 0.15) is 12.4 Å². The summed E-state index contributed by atoms with van der Waals surface area (Å²) in [5.74, 6) is 0.340. The number of sulfonamides is 1. The molecular weight excluding hydrogens is 436 g/mol. The van der Waals surface area contributed by atoms with E-state index >= 15 is 0 Å². The second-order valence-electron chi connectivity index (χ2n) is 7.70. The zero-order chi connectivity index (χ0) is 22.1. The Labute approximate surface area is 189 Å². The van der Waals surface area contributed by atoms with E-state index in [1.165, 1.54) is 4.31 Å². The van der Waals surface area contributed by atoms with Gasteiger partial charge in [0, 0.05) is 18.1 Å². The molecule has 0 spiro atoms. The second-order valence-corrected chi connectivity index (χ2v) is 10.2. The molecule has 1 fully saturated rings. The lowest BCUT2D eigenvalue weighted by Gasteiger charge is -2.31. The number of hydrogen-bond acceptors (Lipinski definition) is 4. The molecule has 0 radical (unpaired) electrons. The molecule has 2 aromatic carbocycles. The zero-order valence-corrected chi connectivity index (χ0v) is 19.1. The van der Waals surface area contributed by atoms with Crippen LogP contribution in [0.3, 0.4) is 0 Å². The number of benzene rings is 2. The molecular formula is C23H29ClN2O4S.